The van der Waals surface area contributed by atoms with E-state index >= 15 is 0 Å². The molecule has 47 heavy (non-hydrogen) atoms. The van der Waals surface area contributed by atoms with Crippen LogP contribution in [0.25, 0.3) is 5.52 Å². The Labute approximate surface area is 275 Å². The normalized spacial score (nSPS) is 14.3. The van der Waals surface area contributed by atoms with E-state index in [4.69, 9.17) is 34.0 Å². The van der Waals surface area contributed by atoms with Crippen molar-refractivity contribution in [2.24, 2.45) is 0 Å². The number of pyridine rings is 1. The molecule has 1 aliphatic rings. The maximum Gasteiger partial charge on any atom is 0.414 e. The number of ether oxygens (including phenoxy) is 3. The number of fused-ring (bicyclic) bond motifs is 2. The third kappa shape index (κ3) is 8.25. The number of carboxylic acid groups (broad SMARTS) is 2. The van der Waals surface area contributed by atoms with Crippen molar-refractivity contribution in [3.05, 3.63) is 83.7 Å². The molecule has 0 amide bonds. The molecule has 5 rings (SSSR count). The fraction of sp³-hybridized carbons (Fsp3) is 0.371. The molecule has 2 aromatic carbocycles. The molecular weight excluding hydrogens is 624 g/mol. The summed E-state index contributed by atoms with van der Waals surface area (Å²) in [5.74, 6) is -1.33. The molecule has 2 aromatic heterocycles. The van der Waals surface area contributed by atoms with Crippen LogP contribution in [-0.2, 0) is 32.3 Å². The van der Waals surface area contributed by atoms with Gasteiger partial charge in [-0.05, 0) is 104 Å². The van der Waals surface area contributed by atoms with E-state index in [1.807, 2.05) is 48.8 Å². The number of carboxylic acids is 2. The van der Waals surface area contributed by atoms with Crippen LogP contribution in [0.15, 0.2) is 76.8 Å². The van der Waals surface area contributed by atoms with E-state index in [0.29, 0.717) is 28.8 Å². The third-order valence-electron chi connectivity index (χ3n) is 8.33. The number of hydrogen-bond donors (Lipinski definition) is 2. The smallest absolute Gasteiger partial charge is 0.414 e. The molecule has 11 nitrogen and oxygen atoms in total. The first-order valence-electron chi connectivity index (χ1n) is 15.3. The van der Waals surface area contributed by atoms with Crippen LogP contribution in [0.3, 0.4) is 0 Å². The quantitative estimate of drug-likeness (QED) is 0.159. The Balaban J connectivity index is 0.000000762. The van der Waals surface area contributed by atoms with Crippen LogP contribution in [0.1, 0.15) is 49.3 Å². The molecule has 0 aliphatic heterocycles. The van der Waals surface area contributed by atoms with E-state index in [-0.39, 0.29) is 10.8 Å². The molecule has 4 aromatic rings. The molecule has 0 radical (unpaired) electrons. The summed E-state index contributed by atoms with van der Waals surface area (Å²) < 4.78 is 46.3. The first-order valence-corrected chi connectivity index (χ1v) is 16.8. The van der Waals surface area contributed by atoms with E-state index < -0.39 is 21.8 Å². The summed E-state index contributed by atoms with van der Waals surface area (Å²) >= 11 is 0. The van der Waals surface area contributed by atoms with Gasteiger partial charge in [-0.25, -0.2) is 18.0 Å². The third-order valence-corrected chi connectivity index (χ3v) is 10.2. The molecule has 0 saturated carbocycles. The SMILES string of the molecule is COc1cc2c(cc1OC)CC(N(C)CCCOc1ccc(S(=O)(=O)c3c(C(C)C)cn4ccccc34)cc1)CC2.O=C(O)C(=O)O. The van der Waals surface area contributed by atoms with Gasteiger partial charge in [0.1, 0.15) is 10.6 Å². The molecule has 0 spiro atoms. The van der Waals surface area contributed by atoms with Gasteiger partial charge in [-0.15, -0.1) is 0 Å². The van der Waals surface area contributed by atoms with Gasteiger partial charge in [-0.3, -0.25) is 0 Å². The number of carbonyl (C=O) groups is 2. The molecule has 0 saturated heterocycles. The fourth-order valence-electron chi connectivity index (χ4n) is 5.78. The van der Waals surface area contributed by atoms with Crippen LogP contribution in [0, 0.1) is 0 Å². The summed E-state index contributed by atoms with van der Waals surface area (Å²) in [6, 6.07) is 17.1. The number of nitrogens with zero attached hydrogens (tertiary/aromatic N) is 2. The number of aliphatic carboxylic acids is 2. The number of methoxy groups -OCH3 is 2. The minimum atomic E-state index is -3.69. The van der Waals surface area contributed by atoms with Crippen molar-refractivity contribution >= 4 is 27.3 Å². The van der Waals surface area contributed by atoms with E-state index in [2.05, 4.69) is 24.1 Å². The zero-order chi connectivity index (χ0) is 34.3. The Hall–Kier alpha value is -4.55. The summed E-state index contributed by atoms with van der Waals surface area (Å²) in [7, 11) is 1.84. The highest BCUT2D eigenvalue weighted by Crippen LogP contribution is 2.36. The van der Waals surface area contributed by atoms with Crippen molar-refractivity contribution in [2.75, 3.05) is 34.4 Å². The molecule has 252 valence electrons. The van der Waals surface area contributed by atoms with Gasteiger partial charge in [0.25, 0.3) is 0 Å². The second kappa shape index (κ2) is 15.4. The summed E-state index contributed by atoms with van der Waals surface area (Å²) in [6.45, 7) is 5.51. The minimum Gasteiger partial charge on any atom is -0.494 e. The Morgan fingerprint density at radius 2 is 1.62 bits per heavy atom. The number of sulfone groups is 1. The van der Waals surface area contributed by atoms with Crippen LogP contribution in [0.2, 0.25) is 0 Å². The maximum absolute atomic E-state index is 13.7. The maximum atomic E-state index is 13.7. The summed E-state index contributed by atoms with van der Waals surface area (Å²) in [4.78, 5) is 21.3. The van der Waals surface area contributed by atoms with Gasteiger partial charge < -0.3 is 33.7 Å². The predicted octanol–water partition coefficient (Wildman–Crippen LogP) is 5.33. The van der Waals surface area contributed by atoms with Crippen molar-refractivity contribution in [1.82, 2.24) is 9.30 Å². The molecule has 2 heterocycles. The molecule has 1 unspecified atom stereocenters. The minimum absolute atomic E-state index is 0.0788. The summed E-state index contributed by atoms with van der Waals surface area (Å²) in [6.07, 6.45) is 7.79. The molecule has 2 N–H and O–H groups in total. The highest BCUT2D eigenvalue weighted by molar-refractivity contribution is 7.91. The van der Waals surface area contributed by atoms with Crippen molar-refractivity contribution in [1.29, 1.82) is 0 Å². The van der Waals surface area contributed by atoms with Crippen molar-refractivity contribution < 1.29 is 42.4 Å². The molecule has 1 aliphatic carbocycles. The molecule has 0 bridgehead atoms. The molecule has 12 heteroatoms. The van der Waals surface area contributed by atoms with Crippen LogP contribution in [0.4, 0.5) is 0 Å². The highest BCUT2D eigenvalue weighted by atomic mass is 32.2. The fourth-order valence-corrected chi connectivity index (χ4v) is 7.56. The Morgan fingerprint density at radius 1 is 0.979 bits per heavy atom. The first kappa shape index (κ1) is 35.3. The zero-order valence-corrected chi connectivity index (χ0v) is 28.1. The number of likely N-dealkylation sites (N-methyl/N-ethyl adjacent to an activating group) is 1. The van der Waals surface area contributed by atoms with Gasteiger partial charge in [-0.2, -0.15) is 0 Å². The number of rotatable bonds is 11. The van der Waals surface area contributed by atoms with Gasteiger partial charge in [0.05, 0.1) is 31.2 Å². The average Bonchev–Trinajstić information content (AvgIpc) is 3.47. The first-order chi connectivity index (χ1) is 22.4. The van der Waals surface area contributed by atoms with Gasteiger partial charge in [0.15, 0.2) is 11.5 Å². The van der Waals surface area contributed by atoms with Gasteiger partial charge in [0, 0.05) is 25.0 Å². The monoisotopic (exact) mass is 666 g/mol. The Kier molecular flexibility index (Phi) is 11.5. The van der Waals surface area contributed by atoms with Crippen LogP contribution in [-0.4, -0.2) is 80.3 Å². The zero-order valence-electron chi connectivity index (χ0n) is 27.3. The summed E-state index contributed by atoms with van der Waals surface area (Å²) in [5.41, 5.74) is 4.18. The van der Waals surface area contributed by atoms with Crippen LogP contribution in [0.5, 0.6) is 17.2 Å². The van der Waals surface area contributed by atoms with Gasteiger partial charge >= 0.3 is 11.9 Å². The lowest BCUT2D eigenvalue weighted by Gasteiger charge is -2.33. The number of aromatic nitrogens is 1. The number of aryl methyl sites for hydroxylation is 1. The largest absolute Gasteiger partial charge is 0.494 e. The molecular formula is C35H42N2O9S. The van der Waals surface area contributed by atoms with Gasteiger partial charge in [0.2, 0.25) is 9.84 Å². The Bertz CT molecular complexity index is 1800. The molecule has 0 fully saturated rings. The average molecular weight is 667 g/mol. The van der Waals surface area contributed by atoms with Crippen molar-refractivity contribution in [3.63, 3.8) is 0 Å². The highest BCUT2D eigenvalue weighted by Gasteiger charge is 2.27. The van der Waals surface area contributed by atoms with Crippen molar-refractivity contribution in [3.8, 4) is 17.2 Å². The van der Waals surface area contributed by atoms with E-state index in [1.54, 1.807) is 38.5 Å². The molecule has 1 atom stereocenters. The lowest BCUT2D eigenvalue weighted by molar-refractivity contribution is -0.159. The predicted molar refractivity (Wildman–Crippen MR) is 177 cm³/mol. The standard InChI is InChI=1S/C33H40N2O5S.C2H2O4/c1-23(2)29-22-35-17-7-6-9-30(35)33(29)41(36,37)28-14-12-27(13-15-28)40-18-8-16-34(3)26-11-10-24-20-31(38-4)32(39-5)21-25(24)19-26;3-1(4)2(5)6/h6-7,9,12-15,17,20-23,26H,8,10-11,16,18-19H2,1-5H3;(H,3,4)(H,5,6). The number of hydrogen-bond acceptors (Lipinski definition) is 8. The second-order valence-corrected chi connectivity index (χ2v) is 13.6. The van der Waals surface area contributed by atoms with Crippen LogP contribution >= 0.6 is 0 Å². The second-order valence-electron chi connectivity index (χ2n) is 11.7. The van der Waals surface area contributed by atoms with E-state index in [9.17, 15) is 8.42 Å². The van der Waals surface area contributed by atoms with E-state index in [1.165, 1.54) is 11.1 Å². The van der Waals surface area contributed by atoms with Crippen LogP contribution < -0.4 is 14.2 Å². The lowest BCUT2D eigenvalue weighted by Crippen LogP contribution is -2.37. The lowest BCUT2D eigenvalue weighted by atomic mass is 9.87. The topological polar surface area (TPSA) is 144 Å². The van der Waals surface area contributed by atoms with Crippen molar-refractivity contribution in [2.45, 2.75) is 61.3 Å². The van der Waals surface area contributed by atoms with E-state index in [0.717, 1.165) is 49.3 Å². The van der Waals surface area contributed by atoms with Gasteiger partial charge in [-0.1, -0.05) is 19.9 Å². The number of benzene rings is 2. The summed E-state index contributed by atoms with van der Waals surface area (Å²) in [5, 5.41) is 14.8. The Morgan fingerprint density at radius 3 is 2.21 bits per heavy atom.